The number of fused-ring (bicyclic) bond motifs is 3. The van der Waals surface area contributed by atoms with Gasteiger partial charge in [-0.15, -0.1) is 0 Å². The van der Waals surface area contributed by atoms with Gasteiger partial charge in [0, 0.05) is 24.5 Å². The number of hydrogen-bond donors (Lipinski definition) is 0. The molecule has 1 heterocycles. The van der Waals surface area contributed by atoms with E-state index >= 15 is 0 Å². The third-order valence-corrected chi connectivity index (χ3v) is 6.44. The van der Waals surface area contributed by atoms with E-state index in [0.29, 0.717) is 17.9 Å². The van der Waals surface area contributed by atoms with Gasteiger partial charge in [0.2, 0.25) is 0 Å². The molecule has 1 aromatic heterocycles. The van der Waals surface area contributed by atoms with E-state index in [0.717, 1.165) is 50.1 Å². The van der Waals surface area contributed by atoms with E-state index < -0.39 is 0 Å². The minimum atomic E-state index is 0.0153. The Bertz CT molecular complexity index is 723. The normalized spacial score (nSPS) is 28.2. The number of allylic oxidation sites excluding steroid dienone is 2. The number of nitrogens with zero attached hydrogens (tertiary/aromatic N) is 1. The molecule has 24 heavy (non-hydrogen) atoms. The first-order valence-corrected chi connectivity index (χ1v) is 9.27. The van der Waals surface area contributed by atoms with E-state index in [-0.39, 0.29) is 11.2 Å². The lowest BCUT2D eigenvalue weighted by Crippen LogP contribution is -2.26. The maximum Gasteiger partial charge on any atom is 0.178 e. The molecule has 2 fully saturated rings. The Hall–Kier alpha value is -1.77. The molecule has 126 valence electrons. The maximum atomic E-state index is 12.9. The van der Waals surface area contributed by atoms with Crippen molar-refractivity contribution < 1.29 is 9.59 Å². The number of aryl methyl sites for hydroxylation is 1. The number of carbonyl (C=O) groups is 2. The van der Waals surface area contributed by atoms with Crippen molar-refractivity contribution in [1.29, 1.82) is 0 Å². The molecule has 3 nitrogen and oxygen atoms in total. The van der Waals surface area contributed by atoms with Crippen LogP contribution in [0.5, 0.6) is 0 Å². The minimum absolute atomic E-state index is 0.0153. The van der Waals surface area contributed by atoms with Crippen molar-refractivity contribution in [1.82, 2.24) is 4.98 Å². The monoisotopic (exact) mass is 323 g/mol. The predicted octanol–water partition coefficient (Wildman–Crippen LogP) is 4.24. The molecule has 0 radical (unpaired) electrons. The van der Waals surface area contributed by atoms with Crippen LogP contribution in [0.2, 0.25) is 0 Å². The molecule has 3 aliphatic rings. The summed E-state index contributed by atoms with van der Waals surface area (Å²) in [4.78, 5) is 29.0. The molecule has 4 rings (SSSR count). The lowest BCUT2D eigenvalue weighted by atomic mass is 9.77. The lowest BCUT2D eigenvalue weighted by molar-refractivity contribution is -0.127. The zero-order valence-corrected chi connectivity index (χ0v) is 14.4. The maximum absolute atomic E-state index is 12.9. The topological polar surface area (TPSA) is 47.0 Å². The van der Waals surface area contributed by atoms with E-state index in [9.17, 15) is 9.59 Å². The van der Waals surface area contributed by atoms with Gasteiger partial charge in [-0.2, -0.15) is 0 Å². The fourth-order valence-electron chi connectivity index (χ4n) is 4.90. The summed E-state index contributed by atoms with van der Waals surface area (Å²) in [6.45, 7) is 1.56. The number of carbonyl (C=O) groups excluding carboxylic acids is 2. The van der Waals surface area contributed by atoms with Crippen LogP contribution in [0.3, 0.4) is 0 Å². The molecule has 0 aromatic carbocycles. The lowest BCUT2D eigenvalue weighted by Gasteiger charge is -2.25. The fraction of sp³-hybridized carbons (Fsp3) is 0.571. The van der Waals surface area contributed by atoms with Crippen LogP contribution in [0.4, 0.5) is 0 Å². The predicted molar refractivity (Wildman–Crippen MR) is 93.0 cm³/mol. The van der Waals surface area contributed by atoms with Gasteiger partial charge >= 0.3 is 0 Å². The van der Waals surface area contributed by atoms with Crippen LogP contribution in [0.25, 0.3) is 0 Å². The molecule has 0 unspecified atom stereocenters. The zero-order chi connectivity index (χ0) is 16.7. The first kappa shape index (κ1) is 15.7. The highest BCUT2D eigenvalue weighted by Gasteiger charge is 2.49. The third kappa shape index (κ3) is 2.74. The number of hydrogen-bond acceptors (Lipinski definition) is 3. The van der Waals surface area contributed by atoms with Crippen LogP contribution in [0.1, 0.15) is 73.6 Å². The van der Waals surface area contributed by atoms with E-state index in [1.54, 1.807) is 6.92 Å². The largest absolute Gasteiger partial charge is 0.299 e. The average molecular weight is 323 g/mol. The van der Waals surface area contributed by atoms with Gasteiger partial charge in [0.15, 0.2) is 5.78 Å². The van der Waals surface area contributed by atoms with E-state index in [1.165, 1.54) is 24.0 Å². The first-order valence-electron chi connectivity index (χ1n) is 9.27. The molecule has 0 atom stereocenters. The van der Waals surface area contributed by atoms with Crippen molar-refractivity contribution in [2.45, 2.75) is 64.7 Å². The average Bonchev–Trinajstić information content (AvgIpc) is 3.14. The highest BCUT2D eigenvalue weighted by atomic mass is 16.1. The fourth-order valence-corrected chi connectivity index (χ4v) is 4.90. The Labute approximate surface area is 143 Å². The molecule has 3 heteroatoms. The minimum Gasteiger partial charge on any atom is -0.299 e. The highest BCUT2D eigenvalue weighted by molar-refractivity contribution is 5.92. The molecule has 0 saturated heterocycles. The molecule has 0 spiro atoms. The van der Waals surface area contributed by atoms with Crippen molar-refractivity contribution >= 4 is 11.6 Å². The van der Waals surface area contributed by atoms with Gasteiger partial charge in [0.05, 0.1) is 0 Å². The summed E-state index contributed by atoms with van der Waals surface area (Å²) < 4.78 is 0. The molecule has 2 bridgehead atoms. The van der Waals surface area contributed by atoms with Crippen LogP contribution in [-0.4, -0.2) is 16.6 Å². The van der Waals surface area contributed by atoms with E-state index in [2.05, 4.69) is 11.1 Å². The number of ketones is 2. The first-order chi connectivity index (χ1) is 11.6. The van der Waals surface area contributed by atoms with Gasteiger partial charge in [-0.3, -0.25) is 9.59 Å². The van der Waals surface area contributed by atoms with Crippen LogP contribution < -0.4 is 0 Å². The molecular formula is C21H25NO2. The Morgan fingerprint density at radius 3 is 2.67 bits per heavy atom. The Balaban J connectivity index is 1.46. The quantitative estimate of drug-likeness (QED) is 0.615. The smallest absolute Gasteiger partial charge is 0.178 e. The van der Waals surface area contributed by atoms with Gasteiger partial charge in [0.1, 0.15) is 11.5 Å². The summed E-state index contributed by atoms with van der Waals surface area (Å²) in [5, 5.41) is 0. The Morgan fingerprint density at radius 1 is 1.21 bits per heavy atom. The van der Waals surface area contributed by atoms with Crippen molar-refractivity contribution in [3.8, 4) is 0 Å². The van der Waals surface area contributed by atoms with Crippen LogP contribution in [0, 0.1) is 11.3 Å². The summed E-state index contributed by atoms with van der Waals surface area (Å²) in [5.41, 5.74) is 4.07. The SMILES string of the molecule is CC(=O)c1ccc2c(n1)CCC(CC(=O)C13CCC(CC1)C3)=CC2. The molecule has 3 aliphatic carbocycles. The van der Waals surface area contributed by atoms with Gasteiger partial charge in [0.25, 0.3) is 0 Å². The summed E-state index contributed by atoms with van der Waals surface area (Å²) in [6, 6.07) is 3.85. The van der Waals surface area contributed by atoms with Gasteiger partial charge in [-0.05, 0) is 68.9 Å². The molecule has 1 aromatic rings. The summed E-state index contributed by atoms with van der Waals surface area (Å²) in [7, 11) is 0. The number of rotatable bonds is 4. The molecule has 2 saturated carbocycles. The summed E-state index contributed by atoms with van der Waals surface area (Å²) >= 11 is 0. The Kier molecular flexibility index (Phi) is 3.90. The molecule has 0 N–H and O–H groups in total. The van der Waals surface area contributed by atoms with Gasteiger partial charge < -0.3 is 0 Å². The second kappa shape index (κ2) is 5.94. The summed E-state index contributed by atoms with van der Waals surface area (Å²) in [6.07, 6.45) is 11.3. The molecular weight excluding hydrogens is 298 g/mol. The standard InChI is InChI=1S/C21H25NO2/c1-14(23)18-7-5-17-4-2-15(3-6-19(17)22-18)12-20(24)21-10-8-16(13-21)9-11-21/h2,5,7,16H,3-4,6,8-13H2,1H3. The Morgan fingerprint density at radius 2 is 2.00 bits per heavy atom. The van der Waals surface area contributed by atoms with Crippen molar-refractivity contribution in [3.63, 3.8) is 0 Å². The van der Waals surface area contributed by atoms with Crippen LogP contribution in [-0.2, 0) is 17.6 Å². The second-order valence-corrected chi connectivity index (χ2v) is 7.95. The van der Waals surface area contributed by atoms with Crippen molar-refractivity contribution in [3.05, 3.63) is 40.7 Å². The van der Waals surface area contributed by atoms with E-state index in [1.807, 2.05) is 12.1 Å². The van der Waals surface area contributed by atoms with Crippen LogP contribution in [0.15, 0.2) is 23.8 Å². The van der Waals surface area contributed by atoms with E-state index in [4.69, 9.17) is 0 Å². The number of Topliss-reactive ketones (excluding diaryl/α,β-unsaturated/α-hetero) is 2. The van der Waals surface area contributed by atoms with Crippen molar-refractivity contribution in [2.24, 2.45) is 11.3 Å². The summed E-state index contributed by atoms with van der Waals surface area (Å²) in [5.74, 6) is 1.31. The van der Waals surface area contributed by atoms with Gasteiger partial charge in [-0.25, -0.2) is 4.98 Å². The zero-order valence-electron chi connectivity index (χ0n) is 14.4. The van der Waals surface area contributed by atoms with Crippen LogP contribution >= 0.6 is 0 Å². The van der Waals surface area contributed by atoms with Crippen molar-refractivity contribution in [2.75, 3.05) is 0 Å². The molecule has 0 aliphatic heterocycles. The second-order valence-electron chi connectivity index (χ2n) is 7.95. The highest BCUT2D eigenvalue weighted by Crippen LogP contribution is 2.55. The number of aromatic nitrogens is 1. The number of pyridine rings is 1. The third-order valence-electron chi connectivity index (χ3n) is 6.44. The molecule has 0 amide bonds. The van der Waals surface area contributed by atoms with Gasteiger partial charge in [-0.1, -0.05) is 17.7 Å².